The maximum atomic E-state index is 12.2. The molecule has 0 unspecified atom stereocenters. The van der Waals surface area contributed by atoms with Gasteiger partial charge in [-0.25, -0.2) is 9.97 Å². The van der Waals surface area contributed by atoms with Crippen molar-refractivity contribution >= 4 is 11.7 Å². The van der Waals surface area contributed by atoms with Gasteiger partial charge < -0.3 is 9.80 Å². The number of piperazine rings is 1. The zero-order valence-electron chi connectivity index (χ0n) is 10.9. The van der Waals surface area contributed by atoms with Gasteiger partial charge in [0.15, 0.2) is 0 Å². The zero-order chi connectivity index (χ0) is 13.8. The average Bonchev–Trinajstić information content (AvgIpc) is 2.56. The highest BCUT2D eigenvalue weighted by Crippen LogP contribution is 2.12. The van der Waals surface area contributed by atoms with E-state index in [9.17, 15) is 4.79 Å². The second-order valence-electron chi connectivity index (χ2n) is 4.43. The first-order valence-electron chi connectivity index (χ1n) is 6.41. The lowest BCUT2D eigenvalue weighted by atomic mass is 10.3. The van der Waals surface area contributed by atoms with Gasteiger partial charge in [0.25, 0.3) is 5.91 Å². The summed E-state index contributed by atoms with van der Waals surface area (Å²) >= 11 is 0. The van der Waals surface area contributed by atoms with Gasteiger partial charge in [-0.05, 0) is 0 Å². The number of nitrogens with zero attached hydrogens (tertiary/aromatic N) is 6. The molecular weight excluding hydrogens is 256 g/mol. The molecule has 7 heteroatoms. The Bertz CT molecular complexity index is 568. The van der Waals surface area contributed by atoms with E-state index in [2.05, 4.69) is 24.8 Å². The summed E-state index contributed by atoms with van der Waals surface area (Å²) in [5, 5.41) is 0. The van der Waals surface area contributed by atoms with Crippen LogP contribution in [0.5, 0.6) is 0 Å². The van der Waals surface area contributed by atoms with Gasteiger partial charge in [0.1, 0.15) is 11.5 Å². The molecule has 102 valence electrons. The van der Waals surface area contributed by atoms with Crippen molar-refractivity contribution in [2.45, 2.75) is 0 Å². The van der Waals surface area contributed by atoms with Crippen molar-refractivity contribution in [3.05, 3.63) is 42.9 Å². The Labute approximate surface area is 116 Å². The van der Waals surface area contributed by atoms with E-state index in [4.69, 9.17) is 0 Å². The Morgan fingerprint density at radius 3 is 2.20 bits per heavy atom. The fraction of sp³-hybridized carbons (Fsp3) is 0.308. The highest BCUT2D eigenvalue weighted by Gasteiger charge is 2.23. The summed E-state index contributed by atoms with van der Waals surface area (Å²) in [4.78, 5) is 32.4. The Morgan fingerprint density at radius 2 is 1.60 bits per heavy atom. The molecule has 0 N–H and O–H groups in total. The molecular formula is C13H14N6O. The number of rotatable bonds is 2. The summed E-state index contributed by atoms with van der Waals surface area (Å²) in [5.41, 5.74) is 0.389. The van der Waals surface area contributed by atoms with E-state index in [-0.39, 0.29) is 5.91 Å². The van der Waals surface area contributed by atoms with Gasteiger partial charge in [-0.15, -0.1) is 0 Å². The van der Waals surface area contributed by atoms with Crippen LogP contribution in [0.2, 0.25) is 0 Å². The number of carbonyl (C=O) groups is 1. The van der Waals surface area contributed by atoms with Crippen molar-refractivity contribution in [3.8, 4) is 0 Å². The summed E-state index contributed by atoms with van der Waals surface area (Å²) in [6, 6.07) is 0. The average molecular weight is 270 g/mol. The molecule has 0 spiro atoms. The van der Waals surface area contributed by atoms with Crippen LogP contribution in [0, 0.1) is 0 Å². The summed E-state index contributed by atoms with van der Waals surface area (Å²) in [6.07, 6.45) is 9.65. The molecule has 1 aliphatic heterocycles. The lowest BCUT2D eigenvalue weighted by Crippen LogP contribution is -2.49. The molecule has 3 heterocycles. The van der Waals surface area contributed by atoms with Gasteiger partial charge in [0.05, 0.1) is 12.4 Å². The van der Waals surface area contributed by atoms with Crippen molar-refractivity contribution in [1.29, 1.82) is 0 Å². The minimum atomic E-state index is -0.0723. The van der Waals surface area contributed by atoms with Crippen LogP contribution in [0.25, 0.3) is 0 Å². The standard InChI is InChI=1S/C13H14N6O/c20-13(11-9-14-1-3-16-11)19-7-5-18(6-8-19)12-10-15-2-4-17-12/h1-4,9-10H,5-8H2. The van der Waals surface area contributed by atoms with Gasteiger partial charge in [-0.1, -0.05) is 0 Å². The van der Waals surface area contributed by atoms with Gasteiger partial charge in [0.2, 0.25) is 0 Å². The van der Waals surface area contributed by atoms with E-state index in [0.717, 1.165) is 18.9 Å². The third kappa shape index (κ3) is 2.56. The summed E-state index contributed by atoms with van der Waals surface area (Å²) in [7, 11) is 0. The molecule has 0 radical (unpaired) electrons. The largest absolute Gasteiger partial charge is 0.352 e. The smallest absolute Gasteiger partial charge is 0.274 e. The van der Waals surface area contributed by atoms with Crippen LogP contribution < -0.4 is 4.90 Å². The molecule has 2 aromatic rings. The topological polar surface area (TPSA) is 75.1 Å². The Balaban J connectivity index is 1.63. The maximum absolute atomic E-state index is 12.2. The predicted molar refractivity (Wildman–Crippen MR) is 72.2 cm³/mol. The molecule has 0 bridgehead atoms. The lowest BCUT2D eigenvalue weighted by Gasteiger charge is -2.34. The van der Waals surface area contributed by atoms with E-state index < -0.39 is 0 Å². The number of hydrogen-bond donors (Lipinski definition) is 0. The SMILES string of the molecule is O=C(c1cnccn1)N1CCN(c2cnccn2)CC1. The molecule has 0 aliphatic carbocycles. The fourth-order valence-corrected chi connectivity index (χ4v) is 2.16. The van der Waals surface area contributed by atoms with E-state index in [1.807, 2.05) is 0 Å². The quantitative estimate of drug-likeness (QED) is 0.777. The molecule has 3 rings (SSSR count). The lowest BCUT2D eigenvalue weighted by molar-refractivity contribution is 0.0740. The minimum absolute atomic E-state index is 0.0723. The fourth-order valence-electron chi connectivity index (χ4n) is 2.16. The molecule has 1 aliphatic rings. The molecule has 0 aromatic carbocycles. The molecule has 1 saturated heterocycles. The Hall–Kier alpha value is -2.57. The van der Waals surface area contributed by atoms with Crippen LogP contribution in [0.15, 0.2) is 37.2 Å². The van der Waals surface area contributed by atoms with E-state index in [1.165, 1.54) is 12.4 Å². The van der Waals surface area contributed by atoms with Crippen molar-refractivity contribution in [3.63, 3.8) is 0 Å². The van der Waals surface area contributed by atoms with Crippen LogP contribution in [0.3, 0.4) is 0 Å². The summed E-state index contributed by atoms with van der Waals surface area (Å²) in [6.45, 7) is 2.77. The minimum Gasteiger partial charge on any atom is -0.352 e. The molecule has 1 amide bonds. The number of carbonyl (C=O) groups excluding carboxylic acids is 1. The predicted octanol–water partition coefficient (Wildman–Crippen LogP) is 0.229. The van der Waals surface area contributed by atoms with Gasteiger partial charge in [-0.3, -0.25) is 14.8 Å². The van der Waals surface area contributed by atoms with E-state index in [1.54, 1.807) is 29.7 Å². The van der Waals surface area contributed by atoms with E-state index >= 15 is 0 Å². The number of anilines is 1. The van der Waals surface area contributed by atoms with Crippen molar-refractivity contribution in [2.75, 3.05) is 31.1 Å². The first kappa shape index (κ1) is 12.5. The Kier molecular flexibility index (Phi) is 3.49. The highest BCUT2D eigenvalue weighted by atomic mass is 16.2. The second-order valence-corrected chi connectivity index (χ2v) is 4.43. The monoisotopic (exact) mass is 270 g/mol. The molecule has 1 fully saturated rings. The number of hydrogen-bond acceptors (Lipinski definition) is 6. The van der Waals surface area contributed by atoms with Crippen molar-refractivity contribution in [1.82, 2.24) is 24.8 Å². The summed E-state index contributed by atoms with van der Waals surface area (Å²) < 4.78 is 0. The zero-order valence-corrected chi connectivity index (χ0v) is 10.9. The molecule has 20 heavy (non-hydrogen) atoms. The highest BCUT2D eigenvalue weighted by molar-refractivity contribution is 5.92. The van der Waals surface area contributed by atoms with Crippen LogP contribution in [0.1, 0.15) is 10.5 Å². The molecule has 0 atom stereocenters. The van der Waals surface area contributed by atoms with Crippen LogP contribution in [0.4, 0.5) is 5.82 Å². The maximum Gasteiger partial charge on any atom is 0.274 e. The molecule has 2 aromatic heterocycles. The van der Waals surface area contributed by atoms with Crippen molar-refractivity contribution in [2.24, 2.45) is 0 Å². The summed E-state index contributed by atoms with van der Waals surface area (Å²) in [5.74, 6) is 0.774. The first-order valence-corrected chi connectivity index (χ1v) is 6.41. The van der Waals surface area contributed by atoms with Gasteiger partial charge in [0, 0.05) is 51.0 Å². The Morgan fingerprint density at radius 1 is 0.900 bits per heavy atom. The van der Waals surface area contributed by atoms with Crippen LogP contribution >= 0.6 is 0 Å². The van der Waals surface area contributed by atoms with Crippen LogP contribution in [-0.4, -0.2) is 56.9 Å². The normalized spacial score (nSPS) is 15.2. The molecule has 0 saturated carbocycles. The third-order valence-corrected chi connectivity index (χ3v) is 3.22. The van der Waals surface area contributed by atoms with Gasteiger partial charge in [-0.2, -0.15) is 0 Å². The van der Waals surface area contributed by atoms with Gasteiger partial charge >= 0.3 is 0 Å². The first-order chi connectivity index (χ1) is 9.84. The second kappa shape index (κ2) is 5.60. The van der Waals surface area contributed by atoms with Crippen LogP contribution in [-0.2, 0) is 0 Å². The third-order valence-electron chi connectivity index (χ3n) is 3.22. The number of amides is 1. The molecule has 7 nitrogen and oxygen atoms in total. The van der Waals surface area contributed by atoms with E-state index in [0.29, 0.717) is 18.8 Å². The number of aromatic nitrogens is 4. The van der Waals surface area contributed by atoms with Crippen molar-refractivity contribution < 1.29 is 4.79 Å².